The third-order valence-corrected chi connectivity index (χ3v) is 6.42. The summed E-state index contributed by atoms with van der Waals surface area (Å²) in [4.78, 5) is 2.27. The molecule has 1 N–H and O–H groups in total. The van der Waals surface area contributed by atoms with Gasteiger partial charge in [-0.2, -0.15) is 0 Å². The smallest absolute Gasteiger partial charge is 0.201 e. The molecular formula is C21H25ClN4O3S. The number of halogens is 1. The highest BCUT2D eigenvalue weighted by Crippen LogP contribution is 2.17. The fraction of sp³-hybridized carbons (Fsp3) is 0.333. The first-order valence-electron chi connectivity index (χ1n) is 9.65. The Bertz CT molecular complexity index is 1020. The molecular weight excluding hydrogens is 424 g/mol. The minimum Gasteiger partial charge on any atom is -0.468 e. The van der Waals surface area contributed by atoms with Gasteiger partial charge in [0.2, 0.25) is 9.84 Å². The summed E-state index contributed by atoms with van der Waals surface area (Å²) in [6.45, 7) is 6.40. The van der Waals surface area contributed by atoms with Crippen molar-refractivity contribution in [1.82, 2.24) is 15.1 Å². The summed E-state index contributed by atoms with van der Waals surface area (Å²) < 4.78 is 30.5. The number of benzene rings is 1. The first-order valence-corrected chi connectivity index (χ1v) is 11.7. The molecule has 2 aromatic heterocycles. The van der Waals surface area contributed by atoms with Gasteiger partial charge in [0.25, 0.3) is 0 Å². The second kappa shape index (κ2) is 10.1. The molecule has 0 spiro atoms. The van der Waals surface area contributed by atoms with Crippen molar-refractivity contribution in [2.45, 2.75) is 37.2 Å². The van der Waals surface area contributed by atoms with Gasteiger partial charge in [0.1, 0.15) is 11.6 Å². The second-order valence-electron chi connectivity index (χ2n) is 7.21. The highest BCUT2D eigenvalue weighted by molar-refractivity contribution is 7.90. The number of rotatable bonds is 10. The second-order valence-corrected chi connectivity index (χ2v) is 9.59. The molecule has 0 radical (unpaired) electrons. The first kappa shape index (κ1) is 22.3. The van der Waals surface area contributed by atoms with Crippen LogP contribution in [0.4, 0.5) is 5.82 Å². The van der Waals surface area contributed by atoms with Crippen LogP contribution in [0.25, 0.3) is 0 Å². The third-order valence-electron chi connectivity index (χ3n) is 4.60. The Labute approximate surface area is 182 Å². The van der Waals surface area contributed by atoms with Gasteiger partial charge in [-0.3, -0.25) is 4.90 Å². The summed E-state index contributed by atoms with van der Waals surface area (Å²) >= 11 is 5.84. The number of aromatic nitrogens is 2. The SMILES string of the molecule is CC(C)N(CCNc1ccc(S(=O)(=O)Cc2ccc(Cl)cc2)nn1)Cc1ccco1. The monoisotopic (exact) mass is 448 g/mol. The van der Waals surface area contributed by atoms with E-state index in [0.29, 0.717) is 29.0 Å². The van der Waals surface area contributed by atoms with E-state index in [-0.39, 0.29) is 10.8 Å². The molecule has 3 aromatic rings. The predicted molar refractivity (Wildman–Crippen MR) is 117 cm³/mol. The van der Waals surface area contributed by atoms with Crippen molar-refractivity contribution in [3.8, 4) is 0 Å². The minimum absolute atomic E-state index is 0.0513. The Balaban J connectivity index is 1.55. The average Bonchev–Trinajstić information content (AvgIpc) is 3.22. The lowest BCUT2D eigenvalue weighted by Crippen LogP contribution is -2.34. The van der Waals surface area contributed by atoms with Gasteiger partial charge in [-0.25, -0.2) is 8.42 Å². The van der Waals surface area contributed by atoms with Crippen molar-refractivity contribution >= 4 is 27.3 Å². The van der Waals surface area contributed by atoms with E-state index in [1.165, 1.54) is 6.07 Å². The molecule has 0 aliphatic heterocycles. The minimum atomic E-state index is -3.58. The van der Waals surface area contributed by atoms with Crippen molar-refractivity contribution in [2.24, 2.45) is 0 Å². The zero-order valence-electron chi connectivity index (χ0n) is 17.0. The van der Waals surface area contributed by atoms with Crippen LogP contribution in [-0.4, -0.2) is 42.6 Å². The summed E-state index contributed by atoms with van der Waals surface area (Å²) in [5.74, 6) is 1.29. The zero-order chi connectivity index (χ0) is 21.6. The predicted octanol–water partition coefficient (Wildman–Crippen LogP) is 4.02. The summed E-state index contributed by atoms with van der Waals surface area (Å²) in [6, 6.07) is 14.0. The van der Waals surface area contributed by atoms with Gasteiger partial charge >= 0.3 is 0 Å². The molecule has 0 fully saturated rings. The van der Waals surface area contributed by atoms with E-state index in [4.69, 9.17) is 16.0 Å². The number of furan rings is 1. The van der Waals surface area contributed by atoms with Gasteiger partial charge in [-0.15, -0.1) is 10.2 Å². The lowest BCUT2D eigenvalue weighted by molar-refractivity contribution is 0.204. The fourth-order valence-electron chi connectivity index (χ4n) is 2.90. The topological polar surface area (TPSA) is 88.3 Å². The van der Waals surface area contributed by atoms with Gasteiger partial charge in [0.15, 0.2) is 5.03 Å². The molecule has 1 aromatic carbocycles. The molecule has 3 rings (SSSR count). The highest BCUT2D eigenvalue weighted by atomic mass is 35.5. The standard InChI is InChI=1S/C21H25ClN4O3S/c1-16(2)26(14-19-4-3-13-29-19)12-11-23-20-9-10-21(25-24-20)30(27,28)15-17-5-7-18(22)8-6-17/h3-10,13,16H,11-12,14-15H2,1-2H3,(H,23,24). The van der Waals surface area contributed by atoms with Crippen LogP contribution in [-0.2, 0) is 22.1 Å². The first-order chi connectivity index (χ1) is 14.3. The Morgan fingerprint density at radius 2 is 1.87 bits per heavy atom. The van der Waals surface area contributed by atoms with Crippen LogP contribution >= 0.6 is 11.6 Å². The molecule has 9 heteroatoms. The maximum absolute atomic E-state index is 12.6. The lowest BCUT2D eigenvalue weighted by atomic mass is 10.2. The quantitative estimate of drug-likeness (QED) is 0.501. The van der Waals surface area contributed by atoms with Gasteiger partial charge in [-0.05, 0) is 55.8 Å². The van der Waals surface area contributed by atoms with Crippen molar-refractivity contribution in [3.63, 3.8) is 0 Å². The molecule has 0 bridgehead atoms. The van der Waals surface area contributed by atoms with Gasteiger partial charge in [-0.1, -0.05) is 23.7 Å². The fourth-order valence-corrected chi connectivity index (χ4v) is 4.25. The summed E-state index contributed by atoms with van der Waals surface area (Å²) in [5, 5.41) is 11.6. The van der Waals surface area contributed by atoms with E-state index in [1.54, 1.807) is 36.6 Å². The van der Waals surface area contributed by atoms with Gasteiger partial charge in [0, 0.05) is 24.2 Å². The van der Waals surface area contributed by atoms with Crippen molar-refractivity contribution in [3.05, 3.63) is 71.1 Å². The van der Waals surface area contributed by atoms with Crippen molar-refractivity contribution in [1.29, 1.82) is 0 Å². The molecule has 0 saturated carbocycles. The van der Waals surface area contributed by atoms with E-state index in [2.05, 4.69) is 34.3 Å². The number of nitrogens with one attached hydrogen (secondary N) is 1. The number of anilines is 1. The summed E-state index contributed by atoms with van der Waals surface area (Å²) in [7, 11) is -3.58. The van der Waals surface area contributed by atoms with Crippen LogP contribution in [0.15, 0.2) is 64.2 Å². The molecule has 0 saturated heterocycles. The number of sulfone groups is 1. The Morgan fingerprint density at radius 3 is 2.47 bits per heavy atom. The summed E-state index contributed by atoms with van der Waals surface area (Å²) in [6.07, 6.45) is 1.67. The molecule has 30 heavy (non-hydrogen) atoms. The van der Waals surface area contributed by atoms with Crippen molar-refractivity contribution < 1.29 is 12.8 Å². The average molecular weight is 449 g/mol. The van der Waals surface area contributed by atoms with Crippen LogP contribution in [0.1, 0.15) is 25.2 Å². The van der Waals surface area contributed by atoms with Gasteiger partial charge in [0.05, 0.1) is 18.6 Å². The molecule has 0 aliphatic rings. The number of hydrogen-bond acceptors (Lipinski definition) is 7. The van der Waals surface area contributed by atoms with Crippen LogP contribution in [0, 0.1) is 0 Å². The van der Waals surface area contributed by atoms with E-state index >= 15 is 0 Å². The molecule has 2 heterocycles. The van der Waals surface area contributed by atoms with Crippen LogP contribution in [0.3, 0.4) is 0 Å². The third kappa shape index (κ3) is 6.29. The van der Waals surface area contributed by atoms with Crippen LogP contribution in [0.2, 0.25) is 5.02 Å². The lowest BCUT2D eigenvalue weighted by Gasteiger charge is -2.25. The Hall–Kier alpha value is -2.42. The van der Waals surface area contributed by atoms with Crippen LogP contribution in [0.5, 0.6) is 0 Å². The molecule has 7 nitrogen and oxygen atoms in total. The van der Waals surface area contributed by atoms with Crippen molar-refractivity contribution in [2.75, 3.05) is 18.4 Å². The number of hydrogen-bond donors (Lipinski definition) is 1. The molecule has 160 valence electrons. The van der Waals surface area contributed by atoms with Gasteiger partial charge < -0.3 is 9.73 Å². The largest absolute Gasteiger partial charge is 0.468 e. The molecule has 0 amide bonds. The highest BCUT2D eigenvalue weighted by Gasteiger charge is 2.18. The maximum atomic E-state index is 12.6. The Kier molecular flexibility index (Phi) is 7.47. The normalized spacial score (nSPS) is 11.9. The summed E-state index contributed by atoms with van der Waals surface area (Å²) in [5.41, 5.74) is 0.647. The Morgan fingerprint density at radius 1 is 1.10 bits per heavy atom. The maximum Gasteiger partial charge on any atom is 0.201 e. The number of nitrogens with zero attached hydrogens (tertiary/aromatic N) is 3. The van der Waals surface area contributed by atoms with E-state index in [9.17, 15) is 8.42 Å². The van der Waals surface area contributed by atoms with E-state index < -0.39 is 9.84 Å². The van der Waals surface area contributed by atoms with Crippen LogP contribution < -0.4 is 5.32 Å². The molecule has 0 atom stereocenters. The van der Waals surface area contributed by atoms with E-state index in [1.807, 2.05) is 12.1 Å². The van der Waals surface area contributed by atoms with E-state index in [0.717, 1.165) is 18.8 Å². The molecule has 0 aliphatic carbocycles. The molecule has 0 unspecified atom stereocenters. The zero-order valence-corrected chi connectivity index (χ0v) is 18.5.